The number of hydrogen-bond acceptors (Lipinski definition) is 3. The summed E-state index contributed by atoms with van der Waals surface area (Å²) in [4.78, 5) is 20.3. The van der Waals surface area contributed by atoms with Crippen LogP contribution in [0.5, 0.6) is 0 Å². The summed E-state index contributed by atoms with van der Waals surface area (Å²) in [6.07, 6.45) is 10.2. The molecule has 1 aromatic rings. The molecule has 1 aromatic heterocycles. The van der Waals surface area contributed by atoms with E-state index in [4.69, 9.17) is 4.98 Å². The van der Waals surface area contributed by atoms with Gasteiger partial charge in [-0.15, -0.1) is 0 Å². The highest BCUT2D eigenvalue weighted by Crippen LogP contribution is 2.31. The molecule has 2 fully saturated rings. The molecule has 2 saturated heterocycles. The lowest BCUT2D eigenvalue weighted by atomic mass is 9.96. The summed E-state index contributed by atoms with van der Waals surface area (Å²) < 4.78 is 0. The van der Waals surface area contributed by atoms with Crippen LogP contribution >= 0.6 is 0 Å². The molecule has 1 amide bonds. The van der Waals surface area contributed by atoms with Crippen LogP contribution in [0.1, 0.15) is 55.7 Å². The summed E-state index contributed by atoms with van der Waals surface area (Å²) in [5.74, 6) is 1.13. The first-order chi connectivity index (χ1) is 10.3. The maximum absolute atomic E-state index is 11.2. The van der Waals surface area contributed by atoms with E-state index in [0.29, 0.717) is 0 Å². The Morgan fingerprint density at radius 1 is 1.14 bits per heavy atom. The highest BCUT2D eigenvalue weighted by molar-refractivity contribution is 5.51. The van der Waals surface area contributed by atoms with Gasteiger partial charge < -0.3 is 9.80 Å². The number of anilines is 1. The van der Waals surface area contributed by atoms with Crippen molar-refractivity contribution in [2.45, 2.75) is 51.5 Å². The van der Waals surface area contributed by atoms with Crippen molar-refractivity contribution in [3.63, 3.8) is 0 Å². The molecule has 0 bridgehead atoms. The van der Waals surface area contributed by atoms with Gasteiger partial charge in [0.05, 0.1) is 6.04 Å². The Morgan fingerprint density at radius 3 is 2.62 bits per heavy atom. The third-order valence-electron chi connectivity index (χ3n) is 4.79. The quantitative estimate of drug-likeness (QED) is 0.802. The fourth-order valence-corrected chi connectivity index (χ4v) is 3.65. The van der Waals surface area contributed by atoms with Crippen LogP contribution in [0, 0.1) is 6.92 Å². The molecule has 0 aliphatic carbocycles. The standard InChI is InChI=1S/C17H25N3O/c1-14-11-15(16-7-3-6-10-20(16)13-21)12-18-17(14)19-8-4-2-5-9-19/h11-13,16H,2-10H2,1H3/t16-/m0/s1. The maximum atomic E-state index is 11.2. The van der Waals surface area contributed by atoms with Gasteiger partial charge >= 0.3 is 0 Å². The Bertz CT molecular complexity index is 497. The average Bonchev–Trinajstić information content (AvgIpc) is 2.55. The largest absolute Gasteiger partial charge is 0.356 e. The summed E-state index contributed by atoms with van der Waals surface area (Å²) in [5.41, 5.74) is 2.44. The second-order valence-corrected chi connectivity index (χ2v) is 6.31. The normalized spacial score (nSPS) is 23.2. The Labute approximate surface area is 127 Å². The zero-order valence-corrected chi connectivity index (χ0v) is 12.9. The van der Waals surface area contributed by atoms with E-state index in [9.17, 15) is 4.79 Å². The number of carbonyl (C=O) groups is 1. The summed E-state index contributed by atoms with van der Waals surface area (Å²) >= 11 is 0. The smallest absolute Gasteiger partial charge is 0.210 e. The number of pyridine rings is 1. The Kier molecular flexibility index (Phi) is 4.42. The zero-order chi connectivity index (χ0) is 14.7. The minimum Gasteiger partial charge on any atom is -0.356 e. The van der Waals surface area contributed by atoms with E-state index in [1.54, 1.807) is 0 Å². The van der Waals surface area contributed by atoms with Gasteiger partial charge in [-0.1, -0.05) is 0 Å². The number of nitrogens with zero attached hydrogens (tertiary/aromatic N) is 3. The molecule has 3 rings (SSSR count). The molecule has 4 heteroatoms. The second-order valence-electron chi connectivity index (χ2n) is 6.31. The first-order valence-corrected chi connectivity index (χ1v) is 8.22. The fourth-order valence-electron chi connectivity index (χ4n) is 3.65. The number of hydrogen-bond donors (Lipinski definition) is 0. The molecule has 4 nitrogen and oxygen atoms in total. The van der Waals surface area contributed by atoms with Gasteiger partial charge in [0.15, 0.2) is 0 Å². The van der Waals surface area contributed by atoms with E-state index in [1.807, 2.05) is 11.1 Å². The fraction of sp³-hybridized carbons (Fsp3) is 0.647. The van der Waals surface area contributed by atoms with E-state index in [0.717, 1.165) is 44.7 Å². The highest BCUT2D eigenvalue weighted by Gasteiger charge is 2.24. The number of rotatable bonds is 3. The number of piperidine rings is 2. The summed E-state index contributed by atoms with van der Waals surface area (Å²) in [6, 6.07) is 2.46. The van der Waals surface area contributed by atoms with Crippen LogP contribution in [0.4, 0.5) is 5.82 Å². The molecule has 3 heterocycles. The Hall–Kier alpha value is -1.58. The molecule has 114 valence electrons. The molecule has 21 heavy (non-hydrogen) atoms. The number of aryl methyl sites for hydroxylation is 1. The lowest BCUT2D eigenvalue weighted by Gasteiger charge is -2.34. The van der Waals surface area contributed by atoms with Crippen molar-refractivity contribution >= 4 is 12.2 Å². The molecule has 0 saturated carbocycles. The Morgan fingerprint density at radius 2 is 1.90 bits per heavy atom. The number of carbonyl (C=O) groups excluding carboxylic acids is 1. The van der Waals surface area contributed by atoms with Crippen molar-refractivity contribution in [3.05, 3.63) is 23.4 Å². The van der Waals surface area contributed by atoms with Gasteiger partial charge in [0.1, 0.15) is 5.82 Å². The van der Waals surface area contributed by atoms with E-state index in [1.165, 1.54) is 36.8 Å². The Balaban J connectivity index is 1.81. The molecule has 1 atom stereocenters. The van der Waals surface area contributed by atoms with Crippen LogP contribution in [0.3, 0.4) is 0 Å². The molecule has 0 unspecified atom stereocenters. The first kappa shape index (κ1) is 14.4. The number of likely N-dealkylation sites (tertiary alicyclic amines) is 1. The monoisotopic (exact) mass is 287 g/mol. The summed E-state index contributed by atoms with van der Waals surface area (Å²) in [7, 11) is 0. The predicted molar refractivity (Wildman–Crippen MR) is 84.4 cm³/mol. The predicted octanol–water partition coefficient (Wildman–Crippen LogP) is 3.06. The van der Waals surface area contributed by atoms with Crippen LogP contribution in [0.2, 0.25) is 0 Å². The molecular weight excluding hydrogens is 262 g/mol. The molecule has 0 aromatic carbocycles. The van der Waals surface area contributed by atoms with Gasteiger partial charge in [-0.25, -0.2) is 4.98 Å². The van der Waals surface area contributed by atoms with Crippen LogP contribution in [0.15, 0.2) is 12.3 Å². The van der Waals surface area contributed by atoms with Gasteiger partial charge in [0.25, 0.3) is 0 Å². The highest BCUT2D eigenvalue weighted by atomic mass is 16.1. The summed E-state index contributed by atoms with van der Waals surface area (Å²) in [6.45, 7) is 5.27. The van der Waals surface area contributed by atoms with Crippen molar-refractivity contribution in [1.82, 2.24) is 9.88 Å². The topological polar surface area (TPSA) is 36.4 Å². The van der Waals surface area contributed by atoms with Crippen LogP contribution in [-0.2, 0) is 4.79 Å². The van der Waals surface area contributed by atoms with Crippen molar-refractivity contribution in [2.75, 3.05) is 24.5 Å². The first-order valence-electron chi connectivity index (χ1n) is 8.22. The van der Waals surface area contributed by atoms with E-state index >= 15 is 0 Å². The second kappa shape index (κ2) is 6.46. The lowest BCUT2D eigenvalue weighted by Crippen LogP contribution is -2.33. The van der Waals surface area contributed by atoms with E-state index in [-0.39, 0.29) is 6.04 Å². The number of aromatic nitrogens is 1. The zero-order valence-electron chi connectivity index (χ0n) is 12.9. The van der Waals surface area contributed by atoms with Gasteiger partial charge in [0, 0.05) is 25.8 Å². The molecule has 2 aliphatic rings. The van der Waals surface area contributed by atoms with Gasteiger partial charge in [-0.2, -0.15) is 0 Å². The summed E-state index contributed by atoms with van der Waals surface area (Å²) in [5, 5.41) is 0. The molecule has 0 radical (unpaired) electrons. The van der Waals surface area contributed by atoms with Crippen LogP contribution in [-0.4, -0.2) is 35.9 Å². The van der Waals surface area contributed by atoms with Crippen molar-refractivity contribution in [2.24, 2.45) is 0 Å². The lowest BCUT2D eigenvalue weighted by molar-refractivity contribution is -0.121. The van der Waals surface area contributed by atoms with Crippen LogP contribution < -0.4 is 4.90 Å². The third kappa shape index (κ3) is 3.04. The van der Waals surface area contributed by atoms with Gasteiger partial charge in [-0.05, 0) is 62.6 Å². The maximum Gasteiger partial charge on any atom is 0.210 e. The minimum atomic E-state index is 0.220. The third-order valence-corrected chi connectivity index (χ3v) is 4.79. The van der Waals surface area contributed by atoms with E-state index < -0.39 is 0 Å². The van der Waals surface area contributed by atoms with Gasteiger partial charge in [0.2, 0.25) is 6.41 Å². The minimum absolute atomic E-state index is 0.220. The van der Waals surface area contributed by atoms with Crippen molar-refractivity contribution in [3.8, 4) is 0 Å². The molecule has 0 spiro atoms. The van der Waals surface area contributed by atoms with Crippen molar-refractivity contribution < 1.29 is 4.79 Å². The molecule has 2 aliphatic heterocycles. The average molecular weight is 287 g/mol. The van der Waals surface area contributed by atoms with Crippen LogP contribution in [0.25, 0.3) is 0 Å². The van der Waals surface area contributed by atoms with Gasteiger partial charge in [-0.3, -0.25) is 4.79 Å². The SMILES string of the molecule is Cc1cc([C@@H]2CCCCN2C=O)cnc1N1CCCCC1. The van der Waals surface area contributed by atoms with E-state index in [2.05, 4.69) is 17.9 Å². The van der Waals surface area contributed by atoms with Crippen molar-refractivity contribution in [1.29, 1.82) is 0 Å². The molecular formula is C17H25N3O. The number of amides is 1. The molecule has 0 N–H and O–H groups in total.